The molecule has 0 unspecified atom stereocenters. The smallest absolute Gasteiger partial charge is 0.263 e. The van der Waals surface area contributed by atoms with Gasteiger partial charge in [-0.15, -0.1) is 0 Å². The number of aliphatic imine (C=N–C) groups is 1. The molecule has 0 spiro atoms. The average Bonchev–Trinajstić information content (AvgIpc) is 3.23. The van der Waals surface area contributed by atoms with Crippen LogP contribution >= 0.6 is 0 Å². The summed E-state index contributed by atoms with van der Waals surface area (Å²) in [6.45, 7) is 2.12. The van der Waals surface area contributed by atoms with Gasteiger partial charge in [-0.05, 0) is 37.6 Å². The number of amidine groups is 1. The Labute approximate surface area is 168 Å². The number of sulfonamides is 1. The molecule has 3 N–H and O–H groups in total. The molecule has 0 saturated carbocycles. The number of nitrogens with one attached hydrogen (secondary N) is 3. The molecule has 1 aliphatic heterocycles. The van der Waals surface area contributed by atoms with Crippen molar-refractivity contribution in [1.29, 1.82) is 0 Å². The normalized spacial score (nSPS) is 17.1. The maximum Gasteiger partial charge on any atom is 0.263 e. The molecule has 8 nitrogen and oxygen atoms in total. The monoisotopic (exact) mass is 411 g/mol. The molecule has 0 aliphatic carbocycles. The Kier molecular flexibility index (Phi) is 5.06. The van der Waals surface area contributed by atoms with Gasteiger partial charge in [0.25, 0.3) is 10.0 Å². The second kappa shape index (κ2) is 7.67. The largest absolute Gasteiger partial charge is 0.354 e. The first-order chi connectivity index (χ1) is 13.9. The van der Waals surface area contributed by atoms with E-state index in [0.29, 0.717) is 18.5 Å². The molecule has 150 valence electrons. The Morgan fingerprint density at radius 3 is 2.76 bits per heavy atom. The van der Waals surface area contributed by atoms with Crippen LogP contribution in [0.5, 0.6) is 0 Å². The third-order valence-corrected chi connectivity index (χ3v) is 6.09. The average molecular weight is 411 g/mol. The molecule has 0 saturated heterocycles. The summed E-state index contributed by atoms with van der Waals surface area (Å²) in [6.07, 6.45) is 1.44. The first-order valence-electron chi connectivity index (χ1n) is 9.35. The van der Waals surface area contributed by atoms with Crippen LogP contribution in [0.25, 0.3) is 11.0 Å². The van der Waals surface area contributed by atoms with E-state index in [4.69, 9.17) is 0 Å². The molecule has 1 amide bonds. The molecule has 1 aromatic heterocycles. The van der Waals surface area contributed by atoms with Crippen LogP contribution in [0.4, 0.5) is 0 Å². The number of imidazole rings is 1. The number of carbonyl (C=O) groups is 1. The van der Waals surface area contributed by atoms with Crippen molar-refractivity contribution in [3.63, 3.8) is 0 Å². The highest BCUT2D eigenvalue weighted by molar-refractivity contribution is 7.90. The van der Waals surface area contributed by atoms with Crippen LogP contribution in [0.3, 0.4) is 0 Å². The molecule has 0 fully saturated rings. The second-order valence-electron chi connectivity index (χ2n) is 6.85. The lowest BCUT2D eigenvalue weighted by atomic mass is 10.2. The first kappa shape index (κ1) is 19.1. The molecule has 4 rings (SSSR count). The maximum atomic E-state index is 12.3. The highest BCUT2D eigenvalue weighted by Crippen LogP contribution is 2.22. The summed E-state index contributed by atoms with van der Waals surface area (Å²) in [5, 5.41) is 2.84. The minimum Gasteiger partial charge on any atom is -0.354 e. The van der Waals surface area contributed by atoms with Gasteiger partial charge in [-0.3, -0.25) is 14.5 Å². The summed E-state index contributed by atoms with van der Waals surface area (Å²) in [6, 6.07) is 13.7. The number of amides is 1. The highest BCUT2D eigenvalue weighted by Gasteiger charge is 2.31. The van der Waals surface area contributed by atoms with Crippen molar-refractivity contribution in [2.24, 2.45) is 4.99 Å². The van der Waals surface area contributed by atoms with Gasteiger partial charge in [-0.25, -0.2) is 13.4 Å². The molecule has 0 bridgehead atoms. The fourth-order valence-electron chi connectivity index (χ4n) is 3.22. The van der Waals surface area contributed by atoms with E-state index >= 15 is 0 Å². The maximum absolute atomic E-state index is 12.3. The third-order valence-electron chi connectivity index (χ3n) is 4.69. The van der Waals surface area contributed by atoms with Crippen LogP contribution in [-0.4, -0.2) is 42.7 Å². The van der Waals surface area contributed by atoms with E-state index < -0.39 is 16.1 Å². The third kappa shape index (κ3) is 4.00. The number of aromatic nitrogens is 2. The second-order valence-corrected chi connectivity index (χ2v) is 8.50. The number of rotatable bonds is 6. The Morgan fingerprint density at radius 1 is 1.17 bits per heavy atom. The van der Waals surface area contributed by atoms with Gasteiger partial charge < -0.3 is 10.3 Å². The van der Waals surface area contributed by atoms with Crippen LogP contribution < -0.4 is 10.0 Å². The molecule has 29 heavy (non-hydrogen) atoms. The van der Waals surface area contributed by atoms with Gasteiger partial charge in [0.05, 0.1) is 15.9 Å². The van der Waals surface area contributed by atoms with E-state index in [9.17, 15) is 13.2 Å². The number of H-pyrrole nitrogens is 1. The number of carbonyl (C=O) groups excluding carboxylic acids is 1. The highest BCUT2D eigenvalue weighted by atomic mass is 32.2. The Balaban J connectivity index is 1.32. The van der Waals surface area contributed by atoms with E-state index in [1.165, 1.54) is 6.07 Å². The predicted octanol–water partition coefficient (Wildman–Crippen LogP) is 1.74. The van der Waals surface area contributed by atoms with Crippen molar-refractivity contribution in [1.82, 2.24) is 20.0 Å². The van der Waals surface area contributed by atoms with E-state index in [1.807, 2.05) is 24.3 Å². The molecule has 2 heterocycles. The Bertz CT molecular complexity index is 1170. The van der Waals surface area contributed by atoms with Crippen molar-refractivity contribution in [3.8, 4) is 0 Å². The minimum atomic E-state index is -3.61. The molecule has 1 atom stereocenters. The molecule has 0 radical (unpaired) electrons. The summed E-state index contributed by atoms with van der Waals surface area (Å²) in [5.74, 6) is 0.821. The number of hydrogen-bond acceptors (Lipinski definition) is 5. The Morgan fingerprint density at radius 2 is 1.93 bits per heavy atom. The SMILES string of the molecule is C[C@H](N=C1NS(=O)(=O)c2ccccc21)C(=O)NCCCc1nc2ccccc2[nH]1. The first-order valence-corrected chi connectivity index (χ1v) is 10.8. The lowest BCUT2D eigenvalue weighted by molar-refractivity contribution is -0.121. The zero-order valence-electron chi connectivity index (χ0n) is 15.8. The lowest BCUT2D eigenvalue weighted by Crippen LogP contribution is -2.34. The topological polar surface area (TPSA) is 116 Å². The van der Waals surface area contributed by atoms with Crippen LogP contribution in [0.15, 0.2) is 58.4 Å². The lowest BCUT2D eigenvalue weighted by Gasteiger charge is -2.09. The van der Waals surface area contributed by atoms with Crippen LogP contribution in [0.1, 0.15) is 24.7 Å². The van der Waals surface area contributed by atoms with Crippen LogP contribution in [0.2, 0.25) is 0 Å². The molecular weight excluding hydrogens is 390 g/mol. The fraction of sp³-hybridized carbons (Fsp3) is 0.250. The number of aryl methyl sites for hydroxylation is 1. The summed E-state index contributed by atoms with van der Waals surface area (Å²) in [4.78, 5) is 24.6. The zero-order valence-corrected chi connectivity index (χ0v) is 16.7. The predicted molar refractivity (Wildman–Crippen MR) is 110 cm³/mol. The standard InChI is InChI=1S/C20H21N5O3S/c1-13(22-19-14-7-2-5-10-17(14)29(27,28)25-19)20(26)21-12-6-11-18-23-15-8-3-4-9-16(15)24-18/h2-5,7-10,13H,6,11-12H2,1H3,(H,21,26)(H,22,25)(H,23,24)/t13-/m0/s1. The minimum absolute atomic E-state index is 0.178. The number of para-hydroxylation sites is 2. The van der Waals surface area contributed by atoms with Gasteiger partial charge in [-0.1, -0.05) is 24.3 Å². The van der Waals surface area contributed by atoms with Gasteiger partial charge in [0.2, 0.25) is 5.91 Å². The Hall–Kier alpha value is -3.20. The molecule has 3 aromatic rings. The van der Waals surface area contributed by atoms with Gasteiger partial charge in [0.1, 0.15) is 17.7 Å². The van der Waals surface area contributed by atoms with Gasteiger partial charge in [0.15, 0.2) is 0 Å². The number of nitrogens with zero attached hydrogens (tertiary/aromatic N) is 2. The summed E-state index contributed by atoms with van der Waals surface area (Å²) in [7, 11) is -3.61. The fourth-order valence-corrected chi connectivity index (χ4v) is 4.46. The quantitative estimate of drug-likeness (QED) is 0.536. The van der Waals surface area contributed by atoms with Crippen LogP contribution in [-0.2, 0) is 21.2 Å². The summed E-state index contributed by atoms with van der Waals surface area (Å²) >= 11 is 0. The zero-order chi connectivity index (χ0) is 20.4. The van der Waals surface area contributed by atoms with Crippen molar-refractivity contribution >= 4 is 32.8 Å². The number of fused-ring (bicyclic) bond motifs is 2. The van der Waals surface area contributed by atoms with E-state index in [2.05, 4.69) is 25.0 Å². The van der Waals surface area contributed by atoms with Crippen molar-refractivity contribution in [2.45, 2.75) is 30.7 Å². The van der Waals surface area contributed by atoms with Crippen molar-refractivity contribution < 1.29 is 13.2 Å². The number of benzene rings is 2. The molecule has 9 heteroatoms. The van der Waals surface area contributed by atoms with Gasteiger partial charge in [-0.2, -0.15) is 0 Å². The molecular formula is C20H21N5O3S. The van der Waals surface area contributed by atoms with Crippen molar-refractivity contribution in [3.05, 3.63) is 59.9 Å². The van der Waals surface area contributed by atoms with E-state index in [-0.39, 0.29) is 16.6 Å². The van der Waals surface area contributed by atoms with Crippen LogP contribution in [0, 0.1) is 0 Å². The van der Waals surface area contributed by atoms with E-state index in [0.717, 1.165) is 23.3 Å². The van der Waals surface area contributed by atoms with Gasteiger partial charge >= 0.3 is 0 Å². The summed E-state index contributed by atoms with van der Waals surface area (Å²) in [5.41, 5.74) is 2.41. The molecule has 2 aromatic carbocycles. The number of aromatic amines is 1. The van der Waals surface area contributed by atoms with E-state index in [1.54, 1.807) is 25.1 Å². The molecule has 1 aliphatic rings. The van der Waals surface area contributed by atoms with Gasteiger partial charge in [0, 0.05) is 18.5 Å². The van der Waals surface area contributed by atoms with Crippen molar-refractivity contribution in [2.75, 3.05) is 6.54 Å². The number of hydrogen-bond donors (Lipinski definition) is 3. The summed E-state index contributed by atoms with van der Waals surface area (Å²) < 4.78 is 26.7.